The van der Waals surface area contributed by atoms with E-state index in [0.29, 0.717) is 18.3 Å². The number of carboxylic acid groups (broad SMARTS) is 1. The van der Waals surface area contributed by atoms with Gasteiger partial charge in [-0.15, -0.1) is 0 Å². The second kappa shape index (κ2) is 10.5. The lowest BCUT2D eigenvalue weighted by Crippen LogP contribution is -2.35. The highest BCUT2D eigenvalue weighted by molar-refractivity contribution is 7.07. The molecule has 2 aromatic heterocycles. The third-order valence-electron chi connectivity index (χ3n) is 6.85. The van der Waals surface area contributed by atoms with Gasteiger partial charge in [0.1, 0.15) is 17.9 Å². The van der Waals surface area contributed by atoms with Crippen LogP contribution >= 0.6 is 11.3 Å². The maximum atomic E-state index is 11.4. The van der Waals surface area contributed by atoms with Crippen LogP contribution in [-0.4, -0.2) is 46.8 Å². The standard InChI is InChI=1S/C28H30N2O3S/c31-28(32)24-6-2-4-8-27(24)33-17-16-29-13-10-22(11-14-29)25-19-30(15-9-21-12-18-34-20-21)26-7-3-1-5-23(25)26/h1-8,12,18-20,22H,9-11,13-17H2,(H,31,32). The lowest BCUT2D eigenvalue weighted by Gasteiger charge is -2.31. The molecule has 3 heterocycles. The quantitative estimate of drug-likeness (QED) is 0.328. The summed E-state index contributed by atoms with van der Waals surface area (Å²) < 4.78 is 8.24. The summed E-state index contributed by atoms with van der Waals surface area (Å²) in [6, 6.07) is 17.9. The van der Waals surface area contributed by atoms with Crippen LogP contribution < -0.4 is 4.74 Å². The fourth-order valence-corrected chi connectivity index (χ4v) is 5.69. The van der Waals surface area contributed by atoms with Crippen LogP contribution in [0.3, 0.4) is 0 Å². The Morgan fingerprint density at radius 3 is 2.62 bits per heavy atom. The van der Waals surface area contributed by atoms with Crippen molar-refractivity contribution in [2.45, 2.75) is 31.7 Å². The Labute approximate surface area is 204 Å². The molecule has 2 aromatic carbocycles. The number of carboxylic acids is 1. The van der Waals surface area contributed by atoms with Crippen LogP contribution in [-0.2, 0) is 13.0 Å². The van der Waals surface area contributed by atoms with Gasteiger partial charge in [-0.25, -0.2) is 4.79 Å². The summed E-state index contributed by atoms with van der Waals surface area (Å²) >= 11 is 1.76. The number of piperidine rings is 1. The Kier molecular flexibility index (Phi) is 6.97. The molecule has 0 aliphatic carbocycles. The fraction of sp³-hybridized carbons (Fsp3) is 0.321. The number of likely N-dealkylation sites (tertiary alicyclic amines) is 1. The van der Waals surface area contributed by atoms with Crippen molar-refractivity contribution in [1.82, 2.24) is 9.47 Å². The van der Waals surface area contributed by atoms with E-state index in [4.69, 9.17) is 4.74 Å². The van der Waals surface area contributed by atoms with Gasteiger partial charge in [-0.1, -0.05) is 30.3 Å². The van der Waals surface area contributed by atoms with E-state index in [1.54, 1.807) is 29.5 Å². The predicted octanol–water partition coefficient (Wildman–Crippen LogP) is 5.90. The van der Waals surface area contributed by atoms with Crippen molar-refractivity contribution in [2.75, 3.05) is 26.2 Å². The van der Waals surface area contributed by atoms with Gasteiger partial charge in [-0.2, -0.15) is 11.3 Å². The summed E-state index contributed by atoms with van der Waals surface area (Å²) in [5.41, 5.74) is 4.44. The van der Waals surface area contributed by atoms with Crippen LogP contribution in [0.4, 0.5) is 0 Å². The van der Waals surface area contributed by atoms with Crippen LogP contribution in [0.2, 0.25) is 0 Å². The molecule has 0 atom stereocenters. The first-order valence-corrected chi connectivity index (χ1v) is 12.9. The minimum absolute atomic E-state index is 0.219. The van der Waals surface area contributed by atoms with Crippen molar-refractivity contribution in [3.05, 3.63) is 88.2 Å². The minimum atomic E-state index is -0.953. The molecular formula is C28H30N2O3S. The van der Waals surface area contributed by atoms with Gasteiger partial charge in [0.15, 0.2) is 0 Å². The summed E-state index contributed by atoms with van der Waals surface area (Å²) in [5.74, 6) is 0.0586. The molecule has 5 rings (SSSR count). The zero-order chi connectivity index (χ0) is 23.3. The van der Waals surface area contributed by atoms with Gasteiger partial charge in [0.25, 0.3) is 0 Å². The number of benzene rings is 2. The number of aromatic carboxylic acids is 1. The third kappa shape index (κ3) is 5.03. The Balaban J connectivity index is 1.19. The lowest BCUT2D eigenvalue weighted by molar-refractivity contribution is 0.0691. The molecule has 0 bridgehead atoms. The average Bonchev–Trinajstić information content (AvgIpc) is 3.52. The smallest absolute Gasteiger partial charge is 0.339 e. The van der Waals surface area contributed by atoms with Crippen LogP contribution in [0.1, 0.15) is 40.2 Å². The van der Waals surface area contributed by atoms with E-state index in [1.807, 2.05) is 6.07 Å². The van der Waals surface area contributed by atoms with Crippen LogP contribution in [0.5, 0.6) is 5.75 Å². The van der Waals surface area contributed by atoms with Crippen LogP contribution in [0.15, 0.2) is 71.6 Å². The first kappa shape index (κ1) is 22.7. The summed E-state index contributed by atoms with van der Waals surface area (Å²) in [7, 11) is 0. The van der Waals surface area contributed by atoms with Gasteiger partial charge in [0, 0.05) is 30.2 Å². The van der Waals surface area contributed by atoms with Gasteiger partial charge in [0.2, 0.25) is 0 Å². The molecule has 0 spiro atoms. The van der Waals surface area contributed by atoms with Crippen molar-refractivity contribution in [3.8, 4) is 5.75 Å². The van der Waals surface area contributed by atoms with E-state index in [9.17, 15) is 9.90 Å². The summed E-state index contributed by atoms with van der Waals surface area (Å²) in [5, 5.41) is 15.1. The highest BCUT2D eigenvalue weighted by atomic mass is 32.1. The van der Waals surface area contributed by atoms with Gasteiger partial charge in [-0.3, -0.25) is 4.90 Å². The largest absolute Gasteiger partial charge is 0.491 e. The molecular weight excluding hydrogens is 444 g/mol. The Morgan fingerprint density at radius 2 is 1.82 bits per heavy atom. The molecule has 34 heavy (non-hydrogen) atoms. The number of fused-ring (bicyclic) bond motifs is 1. The number of nitrogens with zero attached hydrogens (tertiary/aromatic N) is 2. The minimum Gasteiger partial charge on any atom is -0.491 e. The Morgan fingerprint density at radius 1 is 1.03 bits per heavy atom. The van der Waals surface area contributed by atoms with Crippen LogP contribution in [0, 0.1) is 0 Å². The van der Waals surface area contributed by atoms with E-state index in [-0.39, 0.29) is 5.56 Å². The number of carbonyl (C=O) groups is 1. The molecule has 0 amide bonds. The van der Waals surface area contributed by atoms with Crippen molar-refractivity contribution < 1.29 is 14.6 Å². The van der Waals surface area contributed by atoms with Crippen molar-refractivity contribution in [3.63, 3.8) is 0 Å². The SMILES string of the molecule is O=C(O)c1ccccc1OCCN1CCC(c2cn(CCc3ccsc3)c3ccccc23)CC1. The van der Waals surface area contributed by atoms with Crippen molar-refractivity contribution in [1.29, 1.82) is 0 Å². The molecule has 1 fully saturated rings. The summed E-state index contributed by atoms with van der Waals surface area (Å²) in [4.78, 5) is 13.8. The number of aromatic nitrogens is 1. The summed E-state index contributed by atoms with van der Waals surface area (Å²) in [6.45, 7) is 4.37. The average molecular weight is 475 g/mol. The van der Waals surface area contributed by atoms with Gasteiger partial charge >= 0.3 is 5.97 Å². The molecule has 1 saturated heterocycles. The van der Waals surface area contributed by atoms with Gasteiger partial charge < -0.3 is 14.4 Å². The topological polar surface area (TPSA) is 54.7 Å². The number of ether oxygens (including phenoxy) is 1. The number of thiophene rings is 1. The molecule has 1 aliphatic rings. The van der Waals surface area contributed by atoms with E-state index in [1.165, 1.54) is 22.0 Å². The number of rotatable bonds is 9. The molecule has 6 heteroatoms. The molecule has 1 aliphatic heterocycles. The molecule has 4 aromatic rings. The zero-order valence-corrected chi connectivity index (χ0v) is 20.0. The normalized spacial score (nSPS) is 15.1. The van der Waals surface area contributed by atoms with E-state index in [0.717, 1.165) is 45.4 Å². The third-order valence-corrected chi connectivity index (χ3v) is 7.58. The van der Waals surface area contributed by atoms with E-state index >= 15 is 0 Å². The number of hydrogen-bond donors (Lipinski definition) is 1. The first-order chi connectivity index (χ1) is 16.7. The second-order valence-electron chi connectivity index (χ2n) is 8.94. The number of para-hydroxylation sites is 2. The first-order valence-electron chi connectivity index (χ1n) is 12.0. The highest BCUT2D eigenvalue weighted by Crippen LogP contribution is 2.34. The fourth-order valence-electron chi connectivity index (χ4n) is 4.99. The molecule has 176 valence electrons. The lowest BCUT2D eigenvalue weighted by atomic mass is 9.89. The highest BCUT2D eigenvalue weighted by Gasteiger charge is 2.24. The second-order valence-corrected chi connectivity index (χ2v) is 9.72. The zero-order valence-electron chi connectivity index (χ0n) is 19.2. The molecule has 0 radical (unpaired) electrons. The summed E-state index contributed by atoms with van der Waals surface area (Å²) in [6.07, 6.45) is 5.71. The Hall–Kier alpha value is -3.09. The monoisotopic (exact) mass is 474 g/mol. The van der Waals surface area contributed by atoms with E-state index in [2.05, 4.69) is 56.8 Å². The predicted molar refractivity (Wildman–Crippen MR) is 137 cm³/mol. The van der Waals surface area contributed by atoms with E-state index < -0.39 is 5.97 Å². The van der Waals surface area contributed by atoms with Crippen molar-refractivity contribution >= 4 is 28.2 Å². The van der Waals surface area contributed by atoms with Crippen molar-refractivity contribution in [2.24, 2.45) is 0 Å². The molecule has 0 saturated carbocycles. The Bertz CT molecular complexity index is 1240. The maximum absolute atomic E-state index is 11.4. The molecule has 1 N–H and O–H groups in total. The van der Waals surface area contributed by atoms with Gasteiger partial charge in [0.05, 0.1) is 0 Å². The maximum Gasteiger partial charge on any atom is 0.339 e. The molecule has 0 unspecified atom stereocenters. The molecule has 5 nitrogen and oxygen atoms in total. The number of hydrogen-bond acceptors (Lipinski definition) is 4. The van der Waals surface area contributed by atoms with Crippen LogP contribution in [0.25, 0.3) is 10.9 Å². The number of aryl methyl sites for hydroxylation is 2. The van der Waals surface area contributed by atoms with Gasteiger partial charge in [-0.05, 0) is 84.4 Å².